The van der Waals surface area contributed by atoms with Crippen LogP contribution in [0.2, 0.25) is 0 Å². The summed E-state index contributed by atoms with van der Waals surface area (Å²) in [5.74, 6) is 1.40. The summed E-state index contributed by atoms with van der Waals surface area (Å²) >= 11 is 0. The third-order valence-corrected chi connectivity index (χ3v) is 5.27. The van der Waals surface area contributed by atoms with Crippen LogP contribution in [0.5, 0.6) is 5.75 Å². The van der Waals surface area contributed by atoms with E-state index in [0.29, 0.717) is 24.0 Å². The van der Waals surface area contributed by atoms with Crippen molar-refractivity contribution in [3.8, 4) is 5.75 Å². The standard InChI is InChI=1S/C24H23N5O2/c1-14(2)13-29-23-18(11-16-10-17(31-3)8-9-20(16)26-23)22(28-29)27-24(30)21-12-15-6-4-5-7-19(15)25-21/h4-12,14,25H,13H2,1-3H3,(H,27,28,30). The summed E-state index contributed by atoms with van der Waals surface area (Å²) in [6, 6.07) is 17.4. The Balaban J connectivity index is 1.60. The number of H-pyrrole nitrogens is 1. The second-order valence-corrected chi connectivity index (χ2v) is 8.07. The number of anilines is 1. The number of benzene rings is 2. The highest BCUT2D eigenvalue weighted by Gasteiger charge is 2.18. The van der Waals surface area contributed by atoms with Crippen LogP contribution in [0.4, 0.5) is 5.82 Å². The Hall–Kier alpha value is -3.87. The number of hydrogen-bond acceptors (Lipinski definition) is 4. The molecule has 3 aromatic heterocycles. The quantitative estimate of drug-likeness (QED) is 0.425. The van der Waals surface area contributed by atoms with Gasteiger partial charge in [0, 0.05) is 22.8 Å². The zero-order chi connectivity index (χ0) is 21.5. The Kier molecular flexibility index (Phi) is 4.58. The van der Waals surface area contributed by atoms with Gasteiger partial charge in [-0.1, -0.05) is 32.0 Å². The molecule has 156 valence electrons. The van der Waals surface area contributed by atoms with Crippen LogP contribution in [0, 0.1) is 5.92 Å². The number of nitrogens with zero attached hydrogens (tertiary/aromatic N) is 3. The lowest BCUT2D eigenvalue weighted by Crippen LogP contribution is -2.13. The van der Waals surface area contributed by atoms with Crippen molar-refractivity contribution >= 4 is 44.6 Å². The number of methoxy groups -OCH3 is 1. The SMILES string of the molecule is COc1ccc2nc3c(cc2c1)c(NC(=O)c1cc2ccccc2[nH]1)nn3CC(C)C. The van der Waals surface area contributed by atoms with E-state index in [4.69, 9.17) is 14.8 Å². The largest absolute Gasteiger partial charge is 0.497 e. The van der Waals surface area contributed by atoms with Crippen molar-refractivity contribution in [2.75, 3.05) is 12.4 Å². The predicted molar refractivity (Wildman–Crippen MR) is 123 cm³/mol. The van der Waals surface area contributed by atoms with Crippen LogP contribution < -0.4 is 10.1 Å². The highest BCUT2D eigenvalue weighted by Crippen LogP contribution is 2.29. The number of carbonyl (C=O) groups is 1. The lowest BCUT2D eigenvalue weighted by molar-refractivity contribution is 0.102. The summed E-state index contributed by atoms with van der Waals surface area (Å²) in [6.07, 6.45) is 0. The molecular formula is C24H23N5O2. The molecule has 0 fully saturated rings. The predicted octanol–water partition coefficient (Wildman–Crippen LogP) is 4.98. The monoisotopic (exact) mass is 413 g/mol. The molecule has 0 radical (unpaired) electrons. The molecule has 2 aromatic carbocycles. The zero-order valence-electron chi connectivity index (χ0n) is 17.6. The number of hydrogen-bond donors (Lipinski definition) is 2. The minimum absolute atomic E-state index is 0.238. The Morgan fingerprint density at radius 3 is 2.74 bits per heavy atom. The summed E-state index contributed by atoms with van der Waals surface area (Å²) < 4.78 is 7.22. The molecule has 5 aromatic rings. The number of aromatic nitrogens is 4. The van der Waals surface area contributed by atoms with E-state index in [0.717, 1.165) is 38.6 Å². The van der Waals surface area contributed by atoms with Crippen molar-refractivity contribution in [1.82, 2.24) is 19.7 Å². The fourth-order valence-corrected chi connectivity index (χ4v) is 3.80. The Morgan fingerprint density at radius 2 is 1.97 bits per heavy atom. The molecule has 1 amide bonds. The van der Waals surface area contributed by atoms with E-state index in [2.05, 4.69) is 24.1 Å². The summed E-state index contributed by atoms with van der Waals surface area (Å²) in [7, 11) is 1.64. The molecule has 5 rings (SSSR count). The van der Waals surface area contributed by atoms with Gasteiger partial charge in [0.25, 0.3) is 5.91 Å². The van der Waals surface area contributed by atoms with Crippen LogP contribution in [-0.4, -0.2) is 32.8 Å². The second kappa shape index (κ2) is 7.43. The fraction of sp³-hybridized carbons (Fsp3) is 0.208. The van der Waals surface area contributed by atoms with Gasteiger partial charge < -0.3 is 15.0 Å². The Labute approximate surface area is 179 Å². The first-order valence-electron chi connectivity index (χ1n) is 10.3. The average Bonchev–Trinajstić information content (AvgIpc) is 3.33. The first kappa shape index (κ1) is 19.1. The Bertz CT molecular complexity index is 1400. The van der Waals surface area contributed by atoms with Gasteiger partial charge in [-0.3, -0.25) is 4.79 Å². The maximum absolute atomic E-state index is 13.0. The number of aromatic amines is 1. The van der Waals surface area contributed by atoms with Gasteiger partial charge in [0.15, 0.2) is 11.5 Å². The lowest BCUT2D eigenvalue weighted by Gasteiger charge is -2.06. The van der Waals surface area contributed by atoms with Crippen molar-refractivity contribution < 1.29 is 9.53 Å². The van der Waals surface area contributed by atoms with Crippen molar-refractivity contribution in [1.29, 1.82) is 0 Å². The van der Waals surface area contributed by atoms with Crippen molar-refractivity contribution in [2.24, 2.45) is 5.92 Å². The van der Waals surface area contributed by atoms with Gasteiger partial charge in [-0.25, -0.2) is 9.67 Å². The van der Waals surface area contributed by atoms with Crippen LogP contribution in [0.1, 0.15) is 24.3 Å². The third kappa shape index (κ3) is 3.48. The Morgan fingerprint density at radius 1 is 1.13 bits per heavy atom. The van der Waals surface area contributed by atoms with Gasteiger partial charge in [0.2, 0.25) is 0 Å². The molecule has 0 spiro atoms. The van der Waals surface area contributed by atoms with E-state index >= 15 is 0 Å². The van der Waals surface area contributed by atoms with E-state index < -0.39 is 0 Å². The molecule has 0 bridgehead atoms. The smallest absolute Gasteiger partial charge is 0.273 e. The zero-order valence-corrected chi connectivity index (χ0v) is 17.6. The van der Waals surface area contributed by atoms with E-state index in [1.807, 2.05) is 59.3 Å². The molecular weight excluding hydrogens is 390 g/mol. The number of pyridine rings is 1. The lowest BCUT2D eigenvalue weighted by atomic mass is 10.1. The molecule has 7 heteroatoms. The molecule has 0 aliphatic carbocycles. The number of fused-ring (bicyclic) bond motifs is 3. The molecule has 2 N–H and O–H groups in total. The number of para-hydroxylation sites is 1. The number of rotatable bonds is 5. The summed E-state index contributed by atoms with van der Waals surface area (Å²) in [6.45, 7) is 4.96. The van der Waals surface area contributed by atoms with Crippen LogP contribution in [0.3, 0.4) is 0 Å². The normalized spacial score (nSPS) is 11.6. The van der Waals surface area contributed by atoms with Crippen LogP contribution in [-0.2, 0) is 6.54 Å². The van der Waals surface area contributed by atoms with E-state index in [1.54, 1.807) is 7.11 Å². The first-order valence-corrected chi connectivity index (χ1v) is 10.3. The van der Waals surface area contributed by atoms with Crippen LogP contribution in [0.25, 0.3) is 32.8 Å². The highest BCUT2D eigenvalue weighted by atomic mass is 16.5. The highest BCUT2D eigenvalue weighted by molar-refractivity contribution is 6.09. The van der Waals surface area contributed by atoms with Gasteiger partial charge in [-0.15, -0.1) is 0 Å². The maximum Gasteiger partial charge on any atom is 0.273 e. The molecule has 0 unspecified atom stereocenters. The summed E-state index contributed by atoms with van der Waals surface area (Å²) in [5, 5.41) is 10.4. The summed E-state index contributed by atoms with van der Waals surface area (Å²) in [4.78, 5) is 21.0. The molecule has 31 heavy (non-hydrogen) atoms. The van der Waals surface area contributed by atoms with Crippen molar-refractivity contribution in [2.45, 2.75) is 20.4 Å². The molecule has 0 aliphatic heterocycles. The van der Waals surface area contributed by atoms with Crippen molar-refractivity contribution in [3.05, 3.63) is 60.3 Å². The number of carbonyl (C=O) groups excluding carboxylic acids is 1. The van der Waals surface area contributed by atoms with E-state index in [9.17, 15) is 4.79 Å². The molecule has 0 aliphatic rings. The van der Waals surface area contributed by atoms with E-state index in [-0.39, 0.29) is 5.91 Å². The number of nitrogens with one attached hydrogen (secondary N) is 2. The average molecular weight is 413 g/mol. The maximum atomic E-state index is 13.0. The van der Waals surface area contributed by atoms with Gasteiger partial charge in [-0.2, -0.15) is 5.10 Å². The van der Waals surface area contributed by atoms with Gasteiger partial charge in [-0.05, 0) is 42.3 Å². The second-order valence-electron chi connectivity index (χ2n) is 8.07. The minimum Gasteiger partial charge on any atom is -0.497 e. The minimum atomic E-state index is -0.238. The van der Waals surface area contributed by atoms with Crippen molar-refractivity contribution in [3.63, 3.8) is 0 Å². The van der Waals surface area contributed by atoms with Crippen LogP contribution >= 0.6 is 0 Å². The topological polar surface area (TPSA) is 84.8 Å². The molecule has 0 atom stereocenters. The first-order chi connectivity index (χ1) is 15.0. The fourth-order valence-electron chi connectivity index (χ4n) is 3.80. The van der Waals surface area contributed by atoms with Gasteiger partial charge in [0.05, 0.1) is 18.0 Å². The number of amides is 1. The molecule has 7 nitrogen and oxygen atoms in total. The van der Waals surface area contributed by atoms with E-state index in [1.165, 1.54) is 0 Å². The summed E-state index contributed by atoms with van der Waals surface area (Å²) in [5.41, 5.74) is 3.01. The van der Waals surface area contributed by atoms with Gasteiger partial charge >= 0.3 is 0 Å². The number of ether oxygens (including phenoxy) is 1. The van der Waals surface area contributed by atoms with Crippen LogP contribution in [0.15, 0.2) is 54.6 Å². The third-order valence-electron chi connectivity index (χ3n) is 5.27. The molecule has 0 saturated carbocycles. The van der Waals surface area contributed by atoms with Gasteiger partial charge in [0.1, 0.15) is 11.4 Å². The molecule has 0 saturated heterocycles. The molecule has 3 heterocycles.